The molecular formula is C20H31N3O4. The van der Waals surface area contributed by atoms with Crippen LogP contribution in [0.25, 0.3) is 0 Å². The summed E-state index contributed by atoms with van der Waals surface area (Å²) in [6.45, 7) is 9.43. The molecule has 2 N–H and O–H groups in total. The number of ether oxygens (including phenoxy) is 2. The number of anilines is 1. The monoisotopic (exact) mass is 377 g/mol. The highest BCUT2D eigenvalue weighted by molar-refractivity contribution is 5.89. The predicted molar refractivity (Wildman–Crippen MR) is 105 cm³/mol. The van der Waals surface area contributed by atoms with Crippen LogP contribution in [0.4, 0.5) is 15.3 Å². The van der Waals surface area contributed by atoms with Crippen molar-refractivity contribution in [2.75, 3.05) is 25.0 Å². The van der Waals surface area contributed by atoms with Gasteiger partial charge in [-0.15, -0.1) is 0 Å². The molecule has 0 unspecified atom stereocenters. The maximum absolute atomic E-state index is 12.2. The lowest BCUT2D eigenvalue weighted by Gasteiger charge is -2.33. The van der Waals surface area contributed by atoms with Crippen molar-refractivity contribution in [3.05, 3.63) is 24.3 Å². The molecule has 0 radical (unpaired) electrons. The van der Waals surface area contributed by atoms with Crippen LogP contribution in [0.5, 0.6) is 5.75 Å². The zero-order valence-corrected chi connectivity index (χ0v) is 16.7. The van der Waals surface area contributed by atoms with Crippen LogP contribution in [-0.4, -0.2) is 48.4 Å². The molecule has 0 aromatic heterocycles. The van der Waals surface area contributed by atoms with Crippen molar-refractivity contribution in [1.82, 2.24) is 10.2 Å². The minimum absolute atomic E-state index is 0.0378. The summed E-state index contributed by atoms with van der Waals surface area (Å²) in [6, 6.07) is 7.10. The Bertz CT molecular complexity index is 617. The van der Waals surface area contributed by atoms with Crippen molar-refractivity contribution in [3.8, 4) is 5.75 Å². The third kappa shape index (κ3) is 7.37. The summed E-state index contributed by atoms with van der Waals surface area (Å²) in [5.74, 6) is 0.789. The SMILES string of the molecule is CCCOc1ccc(NC(=O)NC2CCN(C(=O)OC(C)(C)C)CC2)cc1. The lowest BCUT2D eigenvalue weighted by Crippen LogP contribution is -2.48. The molecule has 27 heavy (non-hydrogen) atoms. The van der Waals surface area contributed by atoms with E-state index in [1.807, 2.05) is 45.0 Å². The minimum Gasteiger partial charge on any atom is -0.494 e. The van der Waals surface area contributed by atoms with E-state index in [0.717, 1.165) is 12.2 Å². The number of hydrogen-bond donors (Lipinski definition) is 2. The standard InChI is InChI=1S/C20H31N3O4/c1-5-14-26-17-8-6-15(7-9-17)21-18(24)22-16-10-12-23(13-11-16)19(25)27-20(2,3)4/h6-9,16H,5,10-14H2,1-4H3,(H2,21,22,24). The Balaban J connectivity index is 1.73. The summed E-state index contributed by atoms with van der Waals surface area (Å²) in [7, 11) is 0. The van der Waals surface area contributed by atoms with E-state index in [1.165, 1.54) is 0 Å². The van der Waals surface area contributed by atoms with Gasteiger partial charge in [0, 0.05) is 24.8 Å². The molecule has 0 atom stereocenters. The van der Waals surface area contributed by atoms with E-state index in [2.05, 4.69) is 17.6 Å². The number of rotatable bonds is 5. The molecule has 1 heterocycles. The summed E-state index contributed by atoms with van der Waals surface area (Å²) in [5.41, 5.74) is 0.214. The average Bonchev–Trinajstić information content (AvgIpc) is 2.60. The van der Waals surface area contributed by atoms with Gasteiger partial charge in [0.25, 0.3) is 0 Å². The first kappa shape index (κ1) is 20.9. The molecule has 0 aliphatic carbocycles. The summed E-state index contributed by atoms with van der Waals surface area (Å²) < 4.78 is 10.9. The molecule has 1 aliphatic heterocycles. The van der Waals surface area contributed by atoms with Crippen molar-refractivity contribution in [3.63, 3.8) is 0 Å². The van der Waals surface area contributed by atoms with Gasteiger partial charge in [-0.1, -0.05) is 6.92 Å². The fourth-order valence-corrected chi connectivity index (χ4v) is 2.74. The largest absolute Gasteiger partial charge is 0.494 e. The second kappa shape index (κ2) is 9.48. The van der Waals surface area contributed by atoms with Crippen molar-refractivity contribution >= 4 is 17.8 Å². The summed E-state index contributed by atoms with van der Waals surface area (Å²) in [5, 5.41) is 5.79. The van der Waals surface area contributed by atoms with Crippen LogP contribution in [0, 0.1) is 0 Å². The number of amides is 3. The number of benzene rings is 1. The number of carbonyl (C=O) groups excluding carboxylic acids is 2. The minimum atomic E-state index is -0.497. The van der Waals surface area contributed by atoms with Crippen LogP contribution in [0.2, 0.25) is 0 Å². The number of likely N-dealkylation sites (tertiary alicyclic amines) is 1. The highest BCUT2D eigenvalue weighted by Gasteiger charge is 2.27. The molecule has 1 fully saturated rings. The molecule has 0 spiro atoms. The second-order valence-electron chi connectivity index (χ2n) is 7.71. The van der Waals surface area contributed by atoms with Crippen LogP contribution < -0.4 is 15.4 Å². The van der Waals surface area contributed by atoms with Gasteiger partial charge in [-0.25, -0.2) is 9.59 Å². The fourth-order valence-electron chi connectivity index (χ4n) is 2.74. The topological polar surface area (TPSA) is 79.9 Å². The third-order valence-electron chi connectivity index (χ3n) is 4.07. The molecule has 7 nitrogen and oxygen atoms in total. The van der Waals surface area contributed by atoms with Gasteiger partial charge in [-0.3, -0.25) is 0 Å². The van der Waals surface area contributed by atoms with E-state index in [-0.39, 0.29) is 18.2 Å². The van der Waals surface area contributed by atoms with E-state index in [4.69, 9.17) is 9.47 Å². The van der Waals surface area contributed by atoms with Crippen molar-refractivity contribution < 1.29 is 19.1 Å². The van der Waals surface area contributed by atoms with Crippen molar-refractivity contribution in [1.29, 1.82) is 0 Å². The molecule has 7 heteroatoms. The highest BCUT2D eigenvalue weighted by atomic mass is 16.6. The average molecular weight is 377 g/mol. The fraction of sp³-hybridized carbons (Fsp3) is 0.600. The summed E-state index contributed by atoms with van der Waals surface area (Å²) >= 11 is 0. The summed E-state index contributed by atoms with van der Waals surface area (Å²) in [6.07, 6.45) is 2.07. The molecule has 0 saturated carbocycles. The van der Waals surface area contributed by atoms with Crippen molar-refractivity contribution in [2.45, 2.75) is 58.6 Å². The number of carbonyl (C=O) groups is 2. The van der Waals surface area contributed by atoms with Crippen LogP contribution in [-0.2, 0) is 4.74 Å². The van der Waals surface area contributed by atoms with E-state index in [0.29, 0.717) is 38.2 Å². The predicted octanol–water partition coefficient (Wildman–Crippen LogP) is 4.00. The molecule has 1 aliphatic rings. The molecule has 1 aromatic carbocycles. The van der Waals surface area contributed by atoms with Crippen LogP contribution >= 0.6 is 0 Å². The molecule has 1 aromatic rings. The van der Waals surface area contributed by atoms with Crippen LogP contribution in [0.3, 0.4) is 0 Å². The van der Waals surface area contributed by atoms with Crippen LogP contribution in [0.15, 0.2) is 24.3 Å². The van der Waals surface area contributed by atoms with E-state index in [9.17, 15) is 9.59 Å². The first-order valence-corrected chi connectivity index (χ1v) is 9.55. The molecule has 150 valence electrons. The van der Waals surface area contributed by atoms with Gasteiger partial charge in [0.1, 0.15) is 11.4 Å². The third-order valence-corrected chi connectivity index (χ3v) is 4.07. The van der Waals surface area contributed by atoms with Gasteiger partial charge < -0.3 is 25.0 Å². The Labute approximate surface area is 161 Å². The normalized spacial score (nSPS) is 15.2. The Kier molecular flexibility index (Phi) is 7.33. The Hall–Kier alpha value is -2.44. The van der Waals surface area contributed by atoms with E-state index in [1.54, 1.807) is 4.90 Å². The number of urea groups is 1. The maximum atomic E-state index is 12.2. The van der Waals surface area contributed by atoms with Gasteiger partial charge in [-0.05, 0) is 64.3 Å². The van der Waals surface area contributed by atoms with E-state index >= 15 is 0 Å². The zero-order valence-electron chi connectivity index (χ0n) is 16.7. The first-order chi connectivity index (χ1) is 12.8. The molecule has 0 bridgehead atoms. The van der Waals surface area contributed by atoms with Gasteiger partial charge in [0.2, 0.25) is 0 Å². The molecule has 3 amide bonds. The Morgan fingerprint density at radius 3 is 2.33 bits per heavy atom. The maximum Gasteiger partial charge on any atom is 0.410 e. The first-order valence-electron chi connectivity index (χ1n) is 9.55. The Morgan fingerprint density at radius 2 is 1.78 bits per heavy atom. The van der Waals surface area contributed by atoms with Gasteiger partial charge >= 0.3 is 12.1 Å². The molecule has 2 rings (SSSR count). The van der Waals surface area contributed by atoms with Crippen molar-refractivity contribution in [2.24, 2.45) is 0 Å². The number of piperidine rings is 1. The van der Waals surface area contributed by atoms with Gasteiger partial charge in [0.05, 0.1) is 6.61 Å². The lowest BCUT2D eigenvalue weighted by atomic mass is 10.1. The lowest BCUT2D eigenvalue weighted by molar-refractivity contribution is 0.0202. The number of nitrogens with zero attached hydrogens (tertiary/aromatic N) is 1. The molecular weight excluding hydrogens is 346 g/mol. The van der Waals surface area contributed by atoms with Gasteiger partial charge in [-0.2, -0.15) is 0 Å². The highest BCUT2D eigenvalue weighted by Crippen LogP contribution is 2.17. The Morgan fingerprint density at radius 1 is 1.15 bits per heavy atom. The number of hydrogen-bond acceptors (Lipinski definition) is 4. The van der Waals surface area contributed by atoms with E-state index < -0.39 is 5.60 Å². The summed E-state index contributed by atoms with van der Waals surface area (Å²) in [4.78, 5) is 25.9. The quantitative estimate of drug-likeness (QED) is 0.813. The number of nitrogens with one attached hydrogen (secondary N) is 2. The van der Waals surface area contributed by atoms with Gasteiger partial charge in [0.15, 0.2) is 0 Å². The smallest absolute Gasteiger partial charge is 0.410 e. The van der Waals surface area contributed by atoms with Crippen LogP contribution in [0.1, 0.15) is 47.0 Å². The second-order valence-corrected chi connectivity index (χ2v) is 7.71. The molecule has 1 saturated heterocycles. The zero-order chi connectivity index (χ0) is 19.9.